The summed E-state index contributed by atoms with van der Waals surface area (Å²) >= 11 is 0. The molecule has 48 heavy (non-hydrogen) atoms. The summed E-state index contributed by atoms with van der Waals surface area (Å²) in [5, 5.41) is 0. The van der Waals surface area contributed by atoms with Gasteiger partial charge in [0.25, 0.3) is 0 Å². The Labute approximate surface area is 300 Å². The highest BCUT2D eigenvalue weighted by atomic mass is 15.1. The number of aryl methyl sites for hydroxylation is 1. The van der Waals surface area contributed by atoms with Gasteiger partial charge in [0.05, 0.1) is 0 Å². The number of nitrogens with zero attached hydrogens (tertiary/aromatic N) is 2. The summed E-state index contributed by atoms with van der Waals surface area (Å²) in [7, 11) is 2.24. The zero-order chi connectivity index (χ0) is 34.2. The van der Waals surface area contributed by atoms with Crippen LogP contribution < -0.4 is 9.47 Å². The van der Waals surface area contributed by atoms with Crippen LogP contribution >= 0.6 is 0 Å². The first-order valence-corrected chi connectivity index (χ1v) is 21.2. The quantitative estimate of drug-likeness (QED) is 0.0546. The van der Waals surface area contributed by atoms with E-state index in [0.717, 1.165) is 13.1 Å². The molecule has 2 aromatic rings. The van der Waals surface area contributed by atoms with Crippen LogP contribution in [0.3, 0.4) is 0 Å². The van der Waals surface area contributed by atoms with Crippen molar-refractivity contribution in [2.45, 2.75) is 200 Å². The third-order valence-corrected chi connectivity index (χ3v) is 10.3. The third kappa shape index (κ3) is 23.3. The van der Waals surface area contributed by atoms with Crippen molar-refractivity contribution < 1.29 is 4.57 Å². The number of rotatable bonds is 33. The predicted octanol–water partition coefficient (Wildman–Crippen LogP) is 14.5. The largest absolute Gasteiger partial charge is 0.375 e. The molecule has 0 atom stereocenters. The molecular weight excluding hydrogens is 581 g/mol. The van der Waals surface area contributed by atoms with Gasteiger partial charge in [-0.15, -0.1) is 0 Å². The average Bonchev–Trinajstić information content (AvgIpc) is 3.11. The van der Waals surface area contributed by atoms with Gasteiger partial charge in [-0.2, -0.15) is 0 Å². The van der Waals surface area contributed by atoms with Crippen LogP contribution in [0.1, 0.15) is 205 Å². The minimum Gasteiger partial charge on any atom is -0.375 e. The van der Waals surface area contributed by atoms with Gasteiger partial charge in [0.2, 0.25) is 0 Å². The van der Waals surface area contributed by atoms with Crippen LogP contribution in [0.4, 0.5) is 5.69 Å². The minimum atomic E-state index is 1.14. The molecule has 0 radical (unpaired) electrons. The van der Waals surface area contributed by atoms with Crippen LogP contribution in [0.2, 0.25) is 0 Å². The van der Waals surface area contributed by atoms with E-state index in [9.17, 15) is 0 Å². The molecule has 0 aliphatic heterocycles. The van der Waals surface area contributed by atoms with Crippen LogP contribution in [0.15, 0.2) is 48.8 Å². The molecule has 2 nitrogen and oxygen atoms in total. The zero-order valence-corrected chi connectivity index (χ0v) is 32.4. The van der Waals surface area contributed by atoms with Crippen LogP contribution in [0, 0.1) is 0 Å². The van der Waals surface area contributed by atoms with Gasteiger partial charge in [-0.25, -0.2) is 4.57 Å². The number of benzene rings is 1. The molecule has 0 saturated heterocycles. The molecule has 2 heteroatoms. The Balaban J connectivity index is 1.46. The summed E-state index contributed by atoms with van der Waals surface area (Å²) in [4.78, 5) is 2.42. The van der Waals surface area contributed by atoms with E-state index in [1.54, 1.807) is 0 Å². The van der Waals surface area contributed by atoms with Crippen LogP contribution in [0.5, 0.6) is 0 Å². The summed E-state index contributed by atoms with van der Waals surface area (Å²) in [5.41, 5.74) is 3.86. The first kappa shape index (κ1) is 42.1. The first-order chi connectivity index (χ1) is 23.7. The van der Waals surface area contributed by atoms with E-state index >= 15 is 0 Å². The molecule has 0 fully saturated rings. The van der Waals surface area contributed by atoms with Gasteiger partial charge >= 0.3 is 0 Å². The fourth-order valence-corrected chi connectivity index (χ4v) is 6.92. The van der Waals surface area contributed by atoms with Crippen LogP contribution in [0.25, 0.3) is 12.2 Å². The van der Waals surface area contributed by atoms with Crippen molar-refractivity contribution in [3.8, 4) is 0 Å². The van der Waals surface area contributed by atoms with Crippen molar-refractivity contribution in [1.29, 1.82) is 0 Å². The highest BCUT2D eigenvalue weighted by molar-refractivity contribution is 5.70. The number of hydrogen-bond donors (Lipinski definition) is 0. The maximum Gasteiger partial charge on any atom is 0.169 e. The lowest BCUT2D eigenvalue weighted by molar-refractivity contribution is -0.697. The van der Waals surface area contributed by atoms with Crippen molar-refractivity contribution in [3.05, 3.63) is 59.9 Å². The number of pyridine rings is 1. The molecule has 0 bridgehead atoms. The molecular formula is C46H79N2+. The molecule has 0 aliphatic carbocycles. The summed E-state index contributed by atoms with van der Waals surface area (Å²) in [5.74, 6) is 0. The van der Waals surface area contributed by atoms with Crippen molar-refractivity contribution in [2.24, 2.45) is 0 Å². The molecule has 0 aliphatic rings. The number of unbranched alkanes of at least 4 members (excludes halogenated alkanes) is 26. The lowest BCUT2D eigenvalue weighted by Gasteiger charge is -2.19. The van der Waals surface area contributed by atoms with Gasteiger partial charge in [-0.1, -0.05) is 199 Å². The molecule has 1 heterocycles. The van der Waals surface area contributed by atoms with E-state index in [0.29, 0.717) is 0 Å². The van der Waals surface area contributed by atoms with Crippen molar-refractivity contribution >= 4 is 17.8 Å². The molecule has 1 aromatic carbocycles. The summed E-state index contributed by atoms with van der Waals surface area (Å²) in [6.45, 7) is 6.89. The Morgan fingerprint density at radius 3 is 1.15 bits per heavy atom. The second-order valence-corrected chi connectivity index (χ2v) is 14.9. The number of aromatic nitrogens is 1. The Morgan fingerprint density at radius 2 is 0.750 bits per heavy atom. The molecule has 0 N–H and O–H groups in total. The van der Waals surface area contributed by atoms with Crippen LogP contribution in [-0.4, -0.2) is 13.6 Å². The lowest BCUT2D eigenvalue weighted by Crippen LogP contribution is -2.32. The molecule has 0 spiro atoms. The van der Waals surface area contributed by atoms with E-state index < -0.39 is 0 Å². The summed E-state index contributed by atoms with van der Waals surface area (Å²) in [6, 6.07) is 13.6. The normalized spacial score (nSPS) is 11.6. The Kier molecular flexibility index (Phi) is 27.1. The monoisotopic (exact) mass is 660 g/mol. The van der Waals surface area contributed by atoms with Gasteiger partial charge in [-0.3, -0.25) is 0 Å². The SMILES string of the molecule is CCCCCCCCCCCCCCCCN(C)c1ccc(/C=C/c2cc[n+](CCCCCCCCCCCCCCCC)cc2)cc1. The van der Waals surface area contributed by atoms with Gasteiger partial charge < -0.3 is 4.90 Å². The molecule has 272 valence electrons. The summed E-state index contributed by atoms with van der Waals surface area (Å²) in [6.07, 6.45) is 48.7. The molecule has 0 amide bonds. The van der Waals surface area contributed by atoms with Gasteiger partial charge in [-0.05, 0) is 36.1 Å². The Hall–Kier alpha value is -2.09. The second kappa shape index (κ2) is 30.9. The van der Waals surface area contributed by atoms with Crippen molar-refractivity contribution in [1.82, 2.24) is 0 Å². The van der Waals surface area contributed by atoms with E-state index in [1.807, 2.05) is 0 Å². The second-order valence-electron chi connectivity index (χ2n) is 14.9. The topological polar surface area (TPSA) is 7.12 Å². The highest BCUT2D eigenvalue weighted by Crippen LogP contribution is 2.18. The first-order valence-electron chi connectivity index (χ1n) is 21.2. The van der Waals surface area contributed by atoms with E-state index in [4.69, 9.17) is 0 Å². The standard InChI is InChI=1S/C46H79N2/c1-4-6-8-10-12-14-16-18-20-22-24-26-28-30-40-47(3)46-36-34-44(35-37-46)32-33-45-38-42-48(43-39-45)41-31-29-27-25-23-21-19-17-15-13-11-9-7-5-2/h32-39,42-43H,4-31,40-41H2,1-3H3/q+1. The predicted molar refractivity (Wildman–Crippen MR) is 216 cm³/mol. The zero-order valence-electron chi connectivity index (χ0n) is 32.4. The fraction of sp³-hybridized carbons (Fsp3) is 0.717. The number of hydrogen-bond acceptors (Lipinski definition) is 1. The summed E-state index contributed by atoms with van der Waals surface area (Å²) < 4.78 is 2.35. The smallest absolute Gasteiger partial charge is 0.169 e. The Morgan fingerprint density at radius 1 is 0.417 bits per heavy atom. The Bertz CT molecular complexity index is 976. The van der Waals surface area contributed by atoms with Crippen molar-refractivity contribution in [2.75, 3.05) is 18.5 Å². The average molecular weight is 660 g/mol. The molecule has 1 aromatic heterocycles. The van der Waals surface area contributed by atoms with Crippen molar-refractivity contribution in [3.63, 3.8) is 0 Å². The van der Waals surface area contributed by atoms with E-state index in [1.165, 1.54) is 197 Å². The highest BCUT2D eigenvalue weighted by Gasteiger charge is 2.03. The van der Waals surface area contributed by atoms with Gasteiger partial charge in [0.15, 0.2) is 12.4 Å². The van der Waals surface area contributed by atoms with Gasteiger partial charge in [0.1, 0.15) is 6.54 Å². The number of anilines is 1. The van der Waals surface area contributed by atoms with Gasteiger partial charge in [0, 0.05) is 37.8 Å². The molecule has 0 saturated carbocycles. The van der Waals surface area contributed by atoms with Crippen LogP contribution in [-0.2, 0) is 6.54 Å². The third-order valence-electron chi connectivity index (χ3n) is 10.3. The maximum absolute atomic E-state index is 2.42. The van der Waals surface area contributed by atoms with E-state index in [2.05, 4.69) is 91.3 Å². The molecule has 0 unspecified atom stereocenters. The lowest BCUT2D eigenvalue weighted by atomic mass is 10.0. The fourth-order valence-electron chi connectivity index (χ4n) is 6.92. The molecule has 2 rings (SSSR count). The minimum absolute atomic E-state index is 1.14. The maximum atomic E-state index is 2.42. The van der Waals surface area contributed by atoms with E-state index in [-0.39, 0.29) is 0 Å².